The van der Waals surface area contributed by atoms with Crippen LogP contribution in [0.25, 0.3) is 0 Å². The van der Waals surface area contributed by atoms with Crippen molar-refractivity contribution in [1.29, 1.82) is 0 Å². The van der Waals surface area contributed by atoms with Gasteiger partial charge in [0.1, 0.15) is 5.82 Å². The molecule has 0 atom stereocenters. The molecular weight excluding hydrogens is 160 g/mol. The van der Waals surface area contributed by atoms with Crippen molar-refractivity contribution in [3.63, 3.8) is 0 Å². The maximum absolute atomic E-state index is 4.51. The number of aromatic nitrogens is 2. The second kappa shape index (κ2) is 3.44. The molecule has 1 saturated carbocycles. The van der Waals surface area contributed by atoms with Gasteiger partial charge in [-0.25, -0.2) is 9.97 Å². The SMILES string of the molecule is CC(C)c1n[c]cc(CC2CC2)n1. The quantitative estimate of drug-likeness (QED) is 0.704. The molecule has 69 valence electrons. The molecule has 0 aromatic carbocycles. The van der Waals surface area contributed by atoms with Crippen molar-refractivity contribution < 1.29 is 0 Å². The van der Waals surface area contributed by atoms with E-state index >= 15 is 0 Å². The Bertz CT molecular complexity index is 290. The number of hydrogen-bond donors (Lipinski definition) is 0. The van der Waals surface area contributed by atoms with Gasteiger partial charge in [0.2, 0.25) is 0 Å². The van der Waals surface area contributed by atoms with E-state index in [1.165, 1.54) is 18.5 Å². The lowest BCUT2D eigenvalue weighted by atomic mass is 10.2. The minimum absolute atomic E-state index is 0.412. The van der Waals surface area contributed by atoms with E-state index in [4.69, 9.17) is 0 Å². The number of rotatable bonds is 3. The Morgan fingerprint density at radius 3 is 2.92 bits per heavy atom. The van der Waals surface area contributed by atoms with Gasteiger partial charge in [-0.15, -0.1) is 0 Å². The van der Waals surface area contributed by atoms with E-state index in [-0.39, 0.29) is 0 Å². The van der Waals surface area contributed by atoms with Crippen LogP contribution in [0.15, 0.2) is 6.07 Å². The van der Waals surface area contributed by atoms with Crippen LogP contribution >= 0.6 is 0 Å². The summed E-state index contributed by atoms with van der Waals surface area (Å²) in [4.78, 5) is 8.64. The predicted molar refractivity (Wildman–Crippen MR) is 51.4 cm³/mol. The van der Waals surface area contributed by atoms with E-state index in [2.05, 4.69) is 30.0 Å². The summed E-state index contributed by atoms with van der Waals surface area (Å²) in [6, 6.07) is 1.92. The smallest absolute Gasteiger partial charge is 0.131 e. The summed E-state index contributed by atoms with van der Waals surface area (Å²) in [5.74, 6) is 2.23. The summed E-state index contributed by atoms with van der Waals surface area (Å²) < 4.78 is 0. The van der Waals surface area contributed by atoms with Gasteiger partial charge in [0.05, 0.1) is 6.20 Å². The average Bonchev–Trinajstić information content (AvgIpc) is 2.89. The molecule has 1 aromatic heterocycles. The molecule has 0 unspecified atom stereocenters. The lowest BCUT2D eigenvalue weighted by molar-refractivity contribution is 0.730. The van der Waals surface area contributed by atoms with Crippen molar-refractivity contribution in [2.24, 2.45) is 5.92 Å². The van der Waals surface area contributed by atoms with Crippen molar-refractivity contribution in [2.75, 3.05) is 0 Å². The molecule has 1 aliphatic carbocycles. The molecule has 0 amide bonds. The van der Waals surface area contributed by atoms with E-state index in [1.807, 2.05) is 6.07 Å². The summed E-state index contributed by atoms with van der Waals surface area (Å²) in [6.07, 6.45) is 6.81. The third-order valence-corrected chi connectivity index (χ3v) is 2.38. The zero-order valence-corrected chi connectivity index (χ0v) is 8.25. The van der Waals surface area contributed by atoms with Crippen molar-refractivity contribution in [3.8, 4) is 0 Å². The fourth-order valence-corrected chi connectivity index (χ4v) is 1.36. The molecule has 1 aromatic rings. The largest absolute Gasteiger partial charge is 0.238 e. The lowest BCUT2D eigenvalue weighted by Crippen LogP contribution is -2.01. The van der Waals surface area contributed by atoms with Crippen LogP contribution in [0.3, 0.4) is 0 Å². The molecule has 1 aliphatic rings. The van der Waals surface area contributed by atoms with E-state index < -0.39 is 0 Å². The maximum atomic E-state index is 4.51. The summed E-state index contributed by atoms with van der Waals surface area (Å²) in [5.41, 5.74) is 1.17. The van der Waals surface area contributed by atoms with Crippen LogP contribution in [0.1, 0.15) is 44.1 Å². The zero-order chi connectivity index (χ0) is 9.26. The molecule has 0 saturated heterocycles. The fourth-order valence-electron chi connectivity index (χ4n) is 1.36. The standard InChI is InChI=1S/C11H15N2/c1-8(2)11-12-6-5-10(13-11)7-9-3-4-9/h5,8-9H,3-4,7H2,1-2H3. The molecule has 0 bridgehead atoms. The second-order valence-electron chi connectivity index (χ2n) is 4.15. The van der Waals surface area contributed by atoms with Gasteiger partial charge in [-0.05, 0) is 31.2 Å². The molecular formula is C11H15N2. The highest BCUT2D eigenvalue weighted by molar-refractivity contribution is 5.06. The van der Waals surface area contributed by atoms with Crippen LogP contribution in [-0.4, -0.2) is 9.97 Å². The highest BCUT2D eigenvalue weighted by Crippen LogP contribution is 2.32. The topological polar surface area (TPSA) is 25.8 Å². The summed E-state index contributed by atoms with van der Waals surface area (Å²) in [6.45, 7) is 4.23. The molecule has 0 spiro atoms. The molecule has 0 aliphatic heterocycles. The molecule has 1 fully saturated rings. The van der Waals surface area contributed by atoms with Gasteiger partial charge in [0.15, 0.2) is 0 Å². The predicted octanol–water partition coefficient (Wildman–Crippen LogP) is 2.35. The van der Waals surface area contributed by atoms with Crippen molar-refractivity contribution in [1.82, 2.24) is 9.97 Å². The van der Waals surface area contributed by atoms with Crippen LogP contribution in [0.2, 0.25) is 0 Å². The van der Waals surface area contributed by atoms with Crippen molar-refractivity contribution >= 4 is 0 Å². The zero-order valence-electron chi connectivity index (χ0n) is 8.25. The van der Waals surface area contributed by atoms with E-state index in [0.29, 0.717) is 5.92 Å². The molecule has 1 heterocycles. The Hall–Kier alpha value is -0.920. The molecule has 0 N–H and O–H groups in total. The third-order valence-electron chi connectivity index (χ3n) is 2.38. The van der Waals surface area contributed by atoms with Crippen molar-refractivity contribution in [2.45, 2.75) is 39.0 Å². The van der Waals surface area contributed by atoms with Gasteiger partial charge in [-0.1, -0.05) is 13.8 Å². The Balaban J connectivity index is 2.11. The van der Waals surface area contributed by atoms with Gasteiger partial charge < -0.3 is 0 Å². The fraction of sp³-hybridized carbons (Fsp3) is 0.636. The first-order valence-corrected chi connectivity index (χ1v) is 4.99. The summed E-state index contributed by atoms with van der Waals surface area (Å²) in [7, 11) is 0. The first-order valence-electron chi connectivity index (χ1n) is 4.99. The molecule has 13 heavy (non-hydrogen) atoms. The van der Waals surface area contributed by atoms with Crippen molar-refractivity contribution in [3.05, 3.63) is 23.8 Å². The van der Waals surface area contributed by atoms with Crippen LogP contribution < -0.4 is 0 Å². The maximum Gasteiger partial charge on any atom is 0.131 e. The summed E-state index contributed by atoms with van der Waals surface area (Å²) in [5, 5.41) is 0. The van der Waals surface area contributed by atoms with Gasteiger partial charge in [0.25, 0.3) is 0 Å². The lowest BCUT2D eigenvalue weighted by Gasteiger charge is -2.04. The van der Waals surface area contributed by atoms with Crippen LogP contribution in [0, 0.1) is 12.1 Å². The molecule has 1 radical (unpaired) electrons. The van der Waals surface area contributed by atoms with Gasteiger partial charge >= 0.3 is 0 Å². The molecule has 2 nitrogen and oxygen atoms in total. The minimum Gasteiger partial charge on any atom is -0.238 e. The Morgan fingerprint density at radius 2 is 2.31 bits per heavy atom. The molecule has 2 heteroatoms. The average molecular weight is 175 g/mol. The molecule has 2 rings (SSSR count). The van der Waals surface area contributed by atoms with E-state index in [0.717, 1.165) is 18.2 Å². The van der Waals surface area contributed by atoms with Gasteiger partial charge in [-0.2, -0.15) is 0 Å². The third kappa shape index (κ3) is 2.27. The normalized spacial score (nSPS) is 16.5. The Morgan fingerprint density at radius 1 is 1.54 bits per heavy atom. The minimum atomic E-state index is 0.412. The first-order chi connectivity index (χ1) is 6.25. The van der Waals surface area contributed by atoms with Crippen LogP contribution in [-0.2, 0) is 6.42 Å². The first kappa shape index (κ1) is 8.67. The highest BCUT2D eigenvalue weighted by atomic mass is 14.9. The van der Waals surface area contributed by atoms with Crippen LogP contribution in [0.4, 0.5) is 0 Å². The van der Waals surface area contributed by atoms with Gasteiger partial charge in [-0.3, -0.25) is 0 Å². The van der Waals surface area contributed by atoms with Gasteiger partial charge in [0, 0.05) is 11.6 Å². The Labute approximate surface area is 79.4 Å². The second-order valence-corrected chi connectivity index (χ2v) is 4.15. The Kier molecular flexibility index (Phi) is 2.30. The monoisotopic (exact) mass is 175 g/mol. The number of hydrogen-bond acceptors (Lipinski definition) is 2. The number of nitrogens with zero attached hydrogens (tertiary/aromatic N) is 2. The van der Waals surface area contributed by atoms with E-state index in [9.17, 15) is 0 Å². The highest BCUT2D eigenvalue weighted by Gasteiger charge is 2.22. The van der Waals surface area contributed by atoms with E-state index in [1.54, 1.807) is 0 Å². The van der Waals surface area contributed by atoms with Crippen LogP contribution in [0.5, 0.6) is 0 Å². The summed E-state index contributed by atoms with van der Waals surface area (Å²) >= 11 is 0.